The molecule has 25 heavy (non-hydrogen) atoms. The molecule has 0 unspecified atom stereocenters. The van der Waals surface area contributed by atoms with Crippen LogP contribution >= 0.6 is 0 Å². The van der Waals surface area contributed by atoms with E-state index in [0.717, 1.165) is 29.8 Å². The Morgan fingerprint density at radius 2 is 1.80 bits per heavy atom. The molecule has 0 spiro atoms. The van der Waals surface area contributed by atoms with E-state index in [-0.39, 0.29) is 0 Å². The molecule has 0 aliphatic carbocycles. The monoisotopic (exact) mass is 344 g/mol. The van der Waals surface area contributed by atoms with Crippen LogP contribution in [0, 0.1) is 0 Å². The summed E-state index contributed by atoms with van der Waals surface area (Å²) in [5.41, 5.74) is 2.49. The number of rotatable bonds is 5. The molecule has 130 valence electrons. The van der Waals surface area contributed by atoms with Gasteiger partial charge < -0.3 is 4.98 Å². The fourth-order valence-electron chi connectivity index (χ4n) is 2.80. The molecule has 2 nitrogen and oxygen atoms in total. The highest BCUT2D eigenvalue weighted by molar-refractivity contribution is 5.82. The van der Waals surface area contributed by atoms with Gasteiger partial charge in [0.2, 0.25) is 0 Å². The number of hydrogen-bond acceptors (Lipinski definition) is 1. The molecule has 0 aliphatic heterocycles. The molecule has 0 radical (unpaired) electrons. The van der Waals surface area contributed by atoms with Crippen LogP contribution in [-0.4, -0.2) is 23.5 Å². The Labute approximate surface area is 144 Å². The molecule has 5 heteroatoms. The van der Waals surface area contributed by atoms with Crippen LogP contribution in [-0.2, 0) is 12.7 Å². The van der Waals surface area contributed by atoms with Crippen molar-refractivity contribution in [2.75, 3.05) is 13.6 Å². The Kier molecular flexibility index (Phi) is 4.95. The van der Waals surface area contributed by atoms with Crippen LogP contribution in [0.5, 0.6) is 0 Å². The van der Waals surface area contributed by atoms with Crippen molar-refractivity contribution < 1.29 is 13.2 Å². The van der Waals surface area contributed by atoms with E-state index in [0.29, 0.717) is 6.54 Å². The van der Waals surface area contributed by atoms with Gasteiger partial charge >= 0.3 is 6.18 Å². The summed E-state index contributed by atoms with van der Waals surface area (Å²) in [4.78, 5) is 5.36. The minimum atomic E-state index is -4.29. The molecule has 1 aromatic heterocycles. The number of benzene rings is 2. The van der Waals surface area contributed by atoms with E-state index in [1.54, 1.807) is 0 Å². The van der Waals surface area contributed by atoms with Crippen molar-refractivity contribution in [3.05, 3.63) is 77.5 Å². The lowest BCUT2D eigenvalue weighted by molar-refractivity contribution is -0.137. The number of likely N-dealkylation sites (N-methyl/N-ethyl adjacent to an activating group) is 1. The van der Waals surface area contributed by atoms with E-state index in [2.05, 4.69) is 22.0 Å². The van der Waals surface area contributed by atoms with Gasteiger partial charge in [-0.25, -0.2) is 0 Å². The lowest BCUT2D eigenvalue weighted by atomic mass is 10.1. The zero-order chi connectivity index (χ0) is 17.9. The fourth-order valence-corrected chi connectivity index (χ4v) is 2.80. The van der Waals surface area contributed by atoms with Crippen molar-refractivity contribution in [2.45, 2.75) is 12.7 Å². The zero-order valence-corrected chi connectivity index (χ0v) is 13.8. The van der Waals surface area contributed by atoms with Crippen LogP contribution in [0.15, 0.2) is 60.8 Å². The summed E-state index contributed by atoms with van der Waals surface area (Å²) < 4.78 is 37.6. The second-order valence-electron chi connectivity index (χ2n) is 6.07. The summed E-state index contributed by atoms with van der Waals surface area (Å²) in [6.45, 7) is 1.51. The Hall–Kier alpha value is -2.53. The number of halogens is 3. The van der Waals surface area contributed by atoms with Crippen molar-refractivity contribution in [3.8, 4) is 0 Å². The number of aromatic nitrogens is 1. The standard InChI is InChI=1S/C20H19F3N2/c1-25(14-16-5-2-6-19-18(16)11-12-24-19)13-3-4-15-7-9-17(10-8-15)20(21,22)23/h2-12,24H,13-14H2,1H3. The highest BCUT2D eigenvalue weighted by Crippen LogP contribution is 2.29. The highest BCUT2D eigenvalue weighted by atomic mass is 19.4. The van der Waals surface area contributed by atoms with E-state index in [4.69, 9.17) is 0 Å². The third-order valence-corrected chi connectivity index (χ3v) is 4.09. The van der Waals surface area contributed by atoms with Gasteiger partial charge in [-0.3, -0.25) is 4.90 Å². The molecule has 1 N–H and O–H groups in total. The summed E-state index contributed by atoms with van der Waals surface area (Å²) in [6, 6.07) is 13.4. The van der Waals surface area contributed by atoms with Gasteiger partial charge in [-0.2, -0.15) is 13.2 Å². The topological polar surface area (TPSA) is 19.0 Å². The van der Waals surface area contributed by atoms with Gasteiger partial charge in [0.15, 0.2) is 0 Å². The van der Waals surface area contributed by atoms with Gasteiger partial charge in [0.05, 0.1) is 5.56 Å². The molecule has 3 aromatic rings. The van der Waals surface area contributed by atoms with Crippen molar-refractivity contribution in [1.82, 2.24) is 9.88 Å². The molecule has 0 amide bonds. The maximum Gasteiger partial charge on any atom is 0.416 e. The largest absolute Gasteiger partial charge is 0.416 e. The average molecular weight is 344 g/mol. The van der Waals surface area contributed by atoms with E-state index in [1.807, 2.05) is 37.5 Å². The Morgan fingerprint density at radius 3 is 2.52 bits per heavy atom. The van der Waals surface area contributed by atoms with Crippen molar-refractivity contribution in [1.29, 1.82) is 0 Å². The van der Waals surface area contributed by atoms with Gasteiger partial charge in [-0.1, -0.05) is 36.4 Å². The molecule has 0 aliphatic rings. The average Bonchev–Trinajstić information content (AvgIpc) is 3.04. The molecule has 1 heterocycles. The van der Waals surface area contributed by atoms with Crippen LogP contribution in [0.4, 0.5) is 13.2 Å². The molecule has 0 bridgehead atoms. The van der Waals surface area contributed by atoms with Crippen LogP contribution in [0.2, 0.25) is 0 Å². The van der Waals surface area contributed by atoms with Gasteiger partial charge in [0.1, 0.15) is 0 Å². The summed E-state index contributed by atoms with van der Waals surface area (Å²) in [5, 5.41) is 1.21. The Morgan fingerprint density at radius 1 is 1.04 bits per heavy atom. The van der Waals surface area contributed by atoms with Crippen LogP contribution in [0.1, 0.15) is 16.7 Å². The normalized spacial score (nSPS) is 12.5. The zero-order valence-electron chi connectivity index (χ0n) is 13.8. The Bertz CT molecular complexity index is 861. The summed E-state index contributed by atoms with van der Waals surface area (Å²) in [6.07, 6.45) is 1.44. The van der Waals surface area contributed by atoms with Crippen molar-refractivity contribution in [3.63, 3.8) is 0 Å². The maximum atomic E-state index is 12.5. The number of nitrogens with one attached hydrogen (secondary N) is 1. The number of hydrogen-bond donors (Lipinski definition) is 1. The third-order valence-electron chi connectivity index (χ3n) is 4.09. The van der Waals surface area contributed by atoms with E-state index in [1.165, 1.54) is 23.1 Å². The smallest absolute Gasteiger partial charge is 0.361 e. The van der Waals surface area contributed by atoms with Crippen LogP contribution in [0.3, 0.4) is 0 Å². The molecule has 3 rings (SSSR count). The second-order valence-corrected chi connectivity index (χ2v) is 6.07. The lowest BCUT2D eigenvalue weighted by Gasteiger charge is -2.15. The summed E-state index contributed by atoms with van der Waals surface area (Å²) in [7, 11) is 2.02. The molecule has 0 saturated heterocycles. The van der Waals surface area contributed by atoms with Gasteiger partial charge in [0.25, 0.3) is 0 Å². The molecular weight excluding hydrogens is 325 g/mol. The number of aromatic amines is 1. The van der Waals surface area contributed by atoms with Gasteiger partial charge in [-0.15, -0.1) is 0 Å². The van der Waals surface area contributed by atoms with Crippen molar-refractivity contribution in [2.24, 2.45) is 0 Å². The van der Waals surface area contributed by atoms with Crippen LogP contribution < -0.4 is 0 Å². The van der Waals surface area contributed by atoms with E-state index in [9.17, 15) is 13.2 Å². The predicted octanol–water partition coefficient (Wildman–Crippen LogP) is 5.33. The number of nitrogens with zero attached hydrogens (tertiary/aromatic N) is 1. The molecule has 0 saturated carbocycles. The summed E-state index contributed by atoms with van der Waals surface area (Å²) >= 11 is 0. The third kappa shape index (κ3) is 4.31. The number of fused-ring (bicyclic) bond motifs is 1. The Balaban J connectivity index is 1.59. The van der Waals surface area contributed by atoms with Crippen LogP contribution in [0.25, 0.3) is 17.0 Å². The fraction of sp³-hybridized carbons (Fsp3) is 0.200. The predicted molar refractivity (Wildman–Crippen MR) is 95.1 cm³/mol. The first kappa shape index (κ1) is 17.3. The van der Waals surface area contributed by atoms with Gasteiger partial charge in [-0.05, 0) is 42.4 Å². The number of H-pyrrole nitrogens is 1. The molecule has 0 atom stereocenters. The first-order chi connectivity index (χ1) is 11.9. The van der Waals surface area contributed by atoms with E-state index >= 15 is 0 Å². The first-order valence-corrected chi connectivity index (χ1v) is 8.01. The van der Waals surface area contributed by atoms with E-state index < -0.39 is 11.7 Å². The quantitative estimate of drug-likeness (QED) is 0.663. The minimum Gasteiger partial charge on any atom is -0.361 e. The number of alkyl halides is 3. The molecular formula is C20H19F3N2. The molecule has 0 fully saturated rings. The first-order valence-electron chi connectivity index (χ1n) is 8.01. The lowest BCUT2D eigenvalue weighted by Crippen LogP contribution is -2.17. The minimum absolute atomic E-state index is 0.624. The molecule has 2 aromatic carbocycles. The second kappa shape index (κ2) is 7.15. The highest BCUT2D eigenvalue weighted by Gasteiger charge is 2.29. The van der Waals surface area contributed by atoms with Crippen molar-refractivity contribution >= 4 is 17.0 Å². The summed E-state index contributed by atoms with van der Waals surface area (Å²) in [5.74, 6) is 0. The maximum absolute atomic E-state index is 12.5. The SMILES string of the molecule is CN(CC=Cc1ccc(C(F)(F)F)cc1)Cc1cccc2[nH]ccc12. The van der Waals surface area contributed by atoms with Gasteiger partial charge in [0, 0.05) is 30.2 Å².